The molecule has 1 atom stereocenters. The Kier molecular flexibility index (Phi) is 4.20. The van der Waals surface area contributed by atoms with Crippen molar-refractivity contribution < 1.29 is 0 Å². The molecule has 2 heteroatoms. The molecule has 0 amide bonds. The van der Waals surface area contributed by atoms with Gasteiger partial charge >= 0.3 is 0 Å². The molecule has 0 aliphatic carbocycles. The molecule has 0 bridgehead atoms. The Morgan fingerprint density at radius 3 is 2.44 bits per heavy atom. The molecule has 2 aromatic rings. The van der Waals surface area contributed by atoms with Crippen LogP contribution in [0, 0.1) is 20.8 Å². The highest BCUT2D eigenvalue weighted by atomic mass is 32.1. The summed E-state index contributed by atoms with van der Waals surface area (Å²) in [6.07, 6.45) is 0. The zero-order chi connectivity index (χ0) is 13.1. The van der Waals surface area contributed by atoms with E-state index in [1.165, 1.54) is 27.1 Å². The summed E-state index contributed by atoms with van der Waals surface area (Å²) < 4.78 is 0. The Morgan fingerprint density at radius 2 is 1.83 bits per heavy atom. The molecule has 0 spiro atoms. The minimum atomic E-state index is 0.394. The Labute approximate surface area is 114 Å². The molecule has 0 saturated carbocycles. The summed E-state index contributed by atoms with van der Waals surface area (Å²) in [6.45, 7) is 9.69. The molecular formula is C16H21NS. The Bertz CT molecular complexity index is 528. The summed E-state index contributed by atoms with van der Waals surface area (Å²) in [4.78, 5) is 1.44. The van der Waals surface area contributed by atoms with Crippen molar-refractivity contribution in [1.82, 2.24) is 5.32 Å². The van der Waals surface area contributed by atoms with Crippen LogP contribution in [0.2, 0.25) is 0 Å². The number of hydrogen-bond donors (Lipinski definition) is 1. The van der Waals surface area contributed by atoms with E-state index in [4.69, 9.17) is 0 Å². The van der Waals surface area contributed by atoms with Crippen LogP contribution in [0.4, 0.5) is 0 Å². The lowest BCUT2D eigenvalue weighted by molar-refractivity contribution is 0.577. The number of hydrogen-bond acceptors (Lipinski definition) is 2. The number of thiophene rings is 1. The predicted molar refractivity (Wildman–Crippen MR) is 80.2 cm³/mol. The van der Waals surface area contributed by atoms with Crippen molar-refractivity contribution >= 4 is 11.3 Å². The smallest absolute Gasteiger partial charge is 0.0308 e. The molecule has 1 nitrogen and oxygen atoms in total. The third kappa shape index (κ3) is 3.01. The maximum atomic E-state index is 3.60. The highest BCUT2D eigenvalue weighted by Gasteiger charge is 2.07. The van der Waals surface area contributed by atoms with Gasteiger partial charge in [-0.3, -0.25) is 0 Å². The third-order valence-corrected chi connectivity index (χ3v) is 4.59. The minimum absolute atomic E-state index is 0.394. The molecule has 1 aromatic carbocycles. The fourth-order valence-corrected chi connectivity index (χ4v) is 2.84. The molecule has 1 N–H and O–H groups in total. The SMILES string of the molecule is Cc1ccc(C(C)NCc2sccc2C)cc1C. The second kappa shape index (κ2) is 5.68. The van der Waals surface area contributed by atoms with E-state index >= 15 is 0 Å². The van der Waals surface area contributed by atoms with E-state index in [1.54, 1.807) is 0 Å². The molecule has 18 heavy (non-hydrogen) atoms. The first-order chi connectivity index (χ1) is 8.58. The fraction of sp³-hybridized carbons (Fsp3) is 0.375. The summed E-state index contributed by atoms with van der Waals surface area (Å²) in [5, 5.41) is 5.76. The Morgan fingerprint density at radius 1 is 1.06 bits per heavy atom. The highest BCUT2D eigenvalue weighted by Crippen LogP contribution is 2.19. The zero-order valence-corrected chi connectivity index (χ0v) is 12.4. The maximum absolute atomic E-state index is 3.60. The van der Waals surface area contributed by atoms with Gasteiger partial charge < -0.3 is 5.32 Å². The van der Waals surface area contributed by atoms with E-state index < -0.39 is 0 Å². The molecule has 96 valence electrons. The van der Waals surface area contributed by atoms with Crippen molar-refractivity contribution in [2.75, 3.05) is 0 Å². The van der Waals surface area contributed by atoms with Crippen LogP contribution in [-0.4, -0.2) is 0 Å². The Balaban J connectivity index is 2.01. The average molecular weight is 259 g/mol. The van der Waals surface area contributed by atoms with Gasteiger partial charge in [-0.2, -0.15) is 0 Å². The number of aryl methyl sites for hydroxylation is 3. The third-order valence-electron chi connectivity index (χ3n) is 3.57. The molecule has 1 aromatic heterocycles. The molecule has 0 radical (unpaired) electrons. The van der Waals surface area contributed by atoms with Crippen molar-refractivity contribution in [3.8, 4) is 0 Å². The van der Waals surface area contributed by atoms with E-state index in [1.807, 2.05) is 11.3 Å². The van der Waals surface area contributed by atoms with Crippen LogP contribution >= 0.6 is 11.3 Å². The topological polar surface area (TPSA) is 12.0 Å². The largest absolute Gasteiger partial charge is 0.305 e. The predicted octanol–water partition coefficient (Wildman–Crippen LogP) is 4.52. The zero-order valence-electron chi connectivity index (χ0n) is 11.6. The molecule has 1 unspecified atom stereocenters. The van der Waals surface area contributed by atoms with Crippen LogP contribution in [0.15, 0.2) is 29.6 Å². The first-order valence-electron chi connectivity index (χ1n) is 6.41. The first-order valence-corrected chi connectivity index (χ1v) is 7.29. The molecule has 0 fully saturated rings. The van der Waals surface area contributed by atoms with E-state index in [2.05, 4.69) is 62.7 Å². The van der Waals surface area contributed by atoms with Crippen molar-refractivity contribution in [2.24, 2.45) is 0 Å². The number of nitrogens with one attached hydrogen (secondary N) is 1. The van der Waals surface area contributed by atoms with E-state index in [9.17, 15) is 0 Å². The van der Waals surface area contributed by atoms with Gasteiger partial charge in [0.1, 0.15) is 0 Å². The van der Waals surface area contributed by atoms with Crippen LogP contribution in [0.5, 0.6) is 0 Å². The normalized spacial score (nSPS) is 12.7. The van der Waals surface area contributed by atoms with Gasteiger partial charge in [0.05, 0.1) is 0 Å². The quantitative estimate of drug-likeness (QED) is 0.851. The number of rotatable bonds is 4. The maximum Gasteiger partial charge on any atom is 0.0308 e. The van der Waals surface area contributed by atoms with Crippen molar-refractivity contribution in [2.45, 2.75) is 40.3 Å². The molecule has 1 heterocycles. The molecule has 2 rings (SSSR count). The average Bonchev–Trinajstić information content (AvgIpc) is 2.75. The van der Waals surface area contributed by atoms with Crippen LogP contribution in [0.25, 0.3) is 0 Å². The lowest BCUT2D eigenvalue weighted by atomic mass is 10.0. The van der Waals surface area contributed by atoms with Crippen LogP contribution in [0.1, 0.15) is 40.1 Å². The van der Waals surface area contributed by atoms with Gasteiger partial charge in [0.15, 0.2) is 0 Å². The Hall–Kier alpha value is -1.12. The standard InChI is InChI=1S/C16H21NS/c1-11-5-6-15(9-13(11)3)14(4)17-10-16-12(2)7-8-18-16/h5-9,14,17H,10H2,1-4H3. The lowest BCUT2D eigenvalue weighted by Crippen LogP contribution is -2.18. The van der Waals surface area contributed by atoms with Gasteiger partial charge in [-0.1, -0.05) is 18.2 Å². The van der Waals surface area contributed by atoms with Gasteiger partial charge in [0.2, 0.25) is 0 Å². The summed E-state index contributed by atoms with van der Waals surface area (Å²) in [5.74, 6) is 0. The minimum Gasteiger partial charge on any atom is -0.305 e. The fourth-order valence-electron chi connectivity index (χ4n) is 1.98. The van der Waals surface area contributed by atoms with Crippen molar-refractivity contribution in [1.29, 1.82) is 0 Å². The van der Waals surface area contributed by atoms with Crippen LogP contribution in [0.3, 0.4) is 0 Å². The van der Waals surface area contributed by atoms with Crippen molar-refractivity contribution in [3.63, 3.8) is 0 Å². The molecular weight excluding hydrogens is 238 g/mol. The van der Waals surface area contributed by atoms with E-state index in [0.717, 1.165) is 6.54 Å². The van der Waals surface area contributed by atoms with Gasteiger partial charge in [0, 0.05) is 17.5 Å². The number of benzene rings is 1. The van der Waals surface area contributed by atoms with Gasteiger partial charge in [-0.15, -0.1) is 11.3 Å². The first kappa shape index (κ1) is 13.3. The summed E-state index contributed by atoms with van der Waals surface area (Å²) in [5.41, 5.74) is 5.49. The van der Waals surface area contributed by atoms with E-state index in [-0.39, 0.29) is 0 Å². The lowest BCUT2D eigenvalue weighted by Gasteiger charge is -2.15. The summed E-state index contributed by atoms with van der Waals surface area (Å²) in [7, 11) is 0. The second-order valence-corrected chi connectivity index (χ2v) is 5.97. The summed E-state index contributed by atoms with van der Waals surface area (Å²) in [6, 6.07) is 9.29. The van der Waals surface area contributed by atoms with Gasteiger partial charge in [0.25, 0.3) is 0 Å². The highest BCUT2D eigenvalue weighted by molar-refractivity contribution is 7.10. The van der Waals surface area contributed by atoms with Crippen molar-refractivity contribution in [3.05, 3.63) is 56.8 Å². The second-order valence-electron chi connectivity index (χ2n) is 4.97. The molecule has 0 aliphatic heterocycles. The summed E-state index contributed by atoms with van der Waals surface area (Å²) >= 11 is 1.83. The van der Waals surface area contributed by atoms with Crippen LogP contribution in [-0.2, 0) is 6.54 Å². The molecule has 0 saturated heterocycles. The monoisotopic (exact) mass is 259 g/mol. The van der Waals surface area contributed by atoms with Crippen LogP contribution < -0.4 is 5.32 Å². The van der Waals surface area contributed by atoms with E-state index in [0.29, 0.717) is 6.04 Å². The molecule has 0 aliphatic rings. The van der Waals surface area contributed by atoms with Gasteiger partial charge in [-0.05, 0) is 61.4 Å². The van der Waals surface area contributed by atoms with Gasteiger partial charge in [-0.25, -0.2) is 0 Å².